The van der Waals surface area contributed by atoms with Crippen molar-refractivity contribution in [3.05, 3.63) is 96.1 Å². The highest BCUT2D eigenvalue weighted by Crippen LogP contribution is 2.25. The fourth-order valence-corrected chi connectivity index (χ4v) is 2.94. The monoisotopic (exact) mass is 312 g/mol. The summed E-state index contributed by atoms with van der Waals surface area (Å²) in [7, 11) is -0.261. The van der Waals surface area contributed by atoms with E-state index in [1.165, 1.54) is 5.56 Å². The highest BCUT2D eigenvalue weighted by atomic mass is 16.6. The second-order valence-corrected chi connectivity index (χ2v) is 5.86. The summed E-state index contributed by atoms with van der Waals surface area (Å²) in [6, 6.07) is 28.7. The largest absolute Gasteiger partial charge is 0.550 e. The highest BCUT2D eigenvalue weighted by Gasteiger charge is 2.39. The van der Waals surface area contributed by atoms with E-state index >= 15 is 0 Å². The van der Waals surface area contributed by atoms with E-state index in [1.807, 2.05) is 36.4 Å². The lowest BCUT2D eigenvalue weighted by molar-refractivity contribution is 0.367. The van der Waals surface area contributed by atoms with Gasteiger partial charge in [0, 0.05) is 11.3 Å². The summed E-state index contributed by atoms with van der Waals surface area (Å²) in [6.45, 7) is 2.09. The van der Waals surface area contributed by atoms with Gasteiger partial charge in [0.05, 0.1) is 0 Å². The number of nitrogens with zero attached hydrogens (tertiary/aromatic N) is 2. The van der Waals surface area contributed by atoms with E-state index in [-0.39, 0.29) is 7.05 Å². The number of aryl methyl sites for hydroxylation is 1. The molecule has 0 aromatic heterocycles. The van der Waals surface area contributed by atoms with Gasteiger partial charge in [-0.1, -0.05) is 78.0 Å². The molecule has 0 saturated carbocycles. The van der Waals surface area contributed by atoms with Gasteiger partial charge in [-0.15, -0.1) is 0 Å². The summed E-state index contributed by atoms with van der Waals surface area (Å²) < 4.78 is 5.83. The van der Waals surface area contributed by atoms with Gasteiger partial charge in [0.2, 0.25) is 0 Å². The van der Waals surface area contributed by atoms with Crippen LogP contribution >= 0.6 is 0 Å². The summed E-state index contributed by atoms with van der Waals surface area (Å²) in [5.74, 6) is 0.829. The minimum atomic E-state index is -0.261. The number of rotatable bonds is 3. The number of oxime groups is 1. The summed E-state index contributed by atoms with van der Waals surface area (Å²) in [4.78, 5) is 2.15. The predicted octanol–water partition coefficient (Wildman–Crippen LogP) is 3.59. The molecular weight excluding hydrogens is 295 g/mol. The Kier molecular flexibility index (Phi) is 3.79. The first-order valence-electron chi connectivity index (χ1n) is 8.03. The van der Waals surface area contributed by atoms with Crippen molar-refractivity contribution in [3.63, 3.8) is 0 Å². The highest BCUT2D eigenvalue weighted by molar-refractivity contribution is 6.76. The third-order valence-corrected chi connectivity index (χ3v) is 4.10. The Morgan fingerprint density at radius 2 is 1.54 bits per heavy atom. The third-order valence-electron chi connectivity index (χ3n) is 4.10. The molecule has 0 bridgehead atoms. The molecule has 3 aromatic rings. The quantitative estimate of drug-likeness (QED) is 0.691. The Hall–Kier alpha value is -3.01. The summed E-state index contributed by atoms with van der Waals surface area (Å²) in [5, 5.41) is 4.39. The normalized spacial score (nSPS) is 13.6. The van der Waals surface area contributed by atoms with E-state index in [0.29, 0.717) is 0 Å². The van der Waals surface area contributed by atoms with E-state index in [4.69, 9.17) is 4.76 Å². The molecule has 0 amide bonds. The number of hydrogen-bond donors (Lipinski definition) is 0. The molecule has 0 N–H and O–H groups in total. The zero-order chi connectivity index (χ0) is 16.4. The van der Waals surface area contributed by atoms with Gasteiger partial charge >= 0.3 is 7.05 Å². The predicted molar refractivity (Wildman–Crippen MR) is 99.6 cm³/mol. The molecule has 1 heterocycles. The maximum absolute atomic E-state index is 5.83. The lowest BCUT2D eigenvalue weighted by atomic mass is 9.71. The van der Waals surface area contributed by atoms with Gasteiger partial charge in [-0.3, -0.25) is 0 Å². The molecular formula is C20H17BN2O. The Morgan fingerprint density at radius 3 is 2.25 bits per heavy atom. The zero-order valence-electron chi connectivity index (χ0n) is 13.5. The van der Waals surface area contributed by atoms with Crippen molar-refractivity contribution in [1.29, 1.82) is 0 Å². The molecule has 0 unspecified atom stereocenters. The topological polar surface area (TPSA) is 24.8 Å². The molecule has 0 aliphatic carbocycles. The summed E-state index contributed by atoms with van der Waals surface area (Å²) in [6.07, 6.45) is 0. The molecule has 116 valence electrons. The molecule has 1 aliphatic heterocycles. The van der Waals surface area contributed by atoms with E-state index in [9.17, 15) is 0 Å². The Bertz CT molecular complexity index is 865. The minimum absolute atomic E-state index is 0.261. The zero-order valence-corrected chi connectivity index (χ0v) is 13.5. The van der Waals surface area contributed by atoms with Gasteiger partial charge in [-0.05, 0) is 30.1 Å². The summed E-state index contributed by atoms with van der Waals surface area (Å²) in [5.41, 5.74) is 4.40. The van der Waals surface area contributed by atoms with E-state index in [1.54, 1.807) is 0 Å². The number of benzene rings is 3. The van der Waals surface area contributed by atoms with Gasteiger partial charge in [-0.25, -0.2) is 0 Å². The van der Waals surface area contributed by atoms with Crippen LogP contribution in [0.5, 0.6) is 0 Å². The van der Waals surface area contributed by atoms with Crippen LogP contribution in [0.25, 0.3) is 0 Å². The van der Waals surface area contributed by atoms with Crippen LogP contribution in [-0.2, 0) is 4.76 Å². The molecule has 0 radical (unpaired) electrons. The third kappa shape index (κ3) is 2.67. The van der Waals surface area contributed by atoms with Crippen LogP contribution < -0.4 is 10.3 Å². The maximum atomic E-state index is 5.83. The van der Waals surface area contributed by atoms with Crippen LogP contribution in [0, 0.1) is 6.92 Å². The van der Waals surface area contributed by atoms with E-state index < -0.39 is 0 Å². The van der Waals surface area contributed by atoms with Crippen molar-refractivity contribution in [3.8, 4) is 0 Å². The molecule has 3 aromatic carbocycles. The van der Waals surface area contributed by atoms with Crippen LogP contribution in [0.15, 0.2) is 90.1 Å². The first-order chi connectivity index (χ1) is 11.8. The van der Waals surface area contributed by atoms with Crippen molar-refractivity contribution in [2.75, 3.05) is 4.81 Å². The average Bonchev–Trinajstić information content (AvgIpc) is 3.08. The fraction of sp³-hybridized carbons (Fsp3) is 0.0500. The van der Waals surface area contributed by atoms with Crippen molar-refractivity contribution >= 4 is 24.0 Å². The number of anilines is 1. The van der Waals surface area contributed by atoms with Crippen LogP contribution in [0.4, 0.5) is 5.69 Å². The molecule has 3 nitrogen and oxygen atoms in total. The Morgan fingerprint density at radius 1 is 0.833 bits per heavy atom. The van der Waals surface area contributed by atoms with Crippen molar-refractivity contribution < 1.29 is 4.76 Å². The standard InChI is InChI=1S/C20H17BN2O/c1-16-9-8-14-19(15-16)23-20(17-10-4-2-5-11-17)22-24-21(23)18-12-6-3-7-13-18/h2-15H,1H3. The first-order valence-corrected chi connectivity index (χ1v) is 8.03. The molecule has 0 spiro atoms. The van der Waals surface area contributed by atoms with Crippen molar-refractivity contribution in [2.24, 2.45) is 5.16 Å². The van der Waals surface area contributed by atoms with E-state index in [0.717, 1.165) is 22.5 Å². The molecule has 0 saturated heterocycles. The second-order valence-electron chi connectivity index (χ2n) is 5.86. The fourth-order valence-electron chi connectivity index (χ4n) is 2.94. The smallest absolute Gasteiger partial charge is 0.432 e. The van der Waals surface area contributed by atoms with Crippen LogP contribution in [0.3, 0.4) is 0 Å². The van der Waals surface area contributed by atoms with Crippen LogP contribution in [0.2, 0.25) is 0 Å². The summed E-state index contributed by atoms with van der Waals surface area (Å²) >= 11 is 0. The van der Waals surface area contributed by atoms with Gasteiger partial charge in [0.1, 0.15) is 0 Å². The lowest BCUT2D eigenvalue weighted by Gasteiger charge is -2.23. The van der Waals surface area contributed by atoms with Crippen LogP contribution in [-0.4, -0.2) is 12.9 Å². The molecule has 24 heavy (non-hydrogen) atoms. The minimum Gasteiger partial charge on any atom is -0.432 e. The van der Waals surface area contributed by atoms with Gasteiger partial charge < -0.3 is 9.57 Å². The molecule has 4 heteroatoms. The number of hydrogen-bond acceptors (Lipinski definition) is 3. The van der Waals surface area contributed by atoms with Crippen molar-refractivity contribution in [1.82, 2.24) is 0 Å². The maximum Gasteiger partial charge on any atom is 0.550 e. The Labute approximate surface area is 142 Å². The lowest BCUT2D eigenvalue weighted by Crippen LogP contribution is -2.49. The van der Waals surface area contributed by atoms with Crippen molar-refractivity contribution in [2.45, 2.75) is 6.92 Å². The molecule has 0 atom stereocenters. The first kappa shape index (κ1) is 14.6. The molecule has 1 aliphatic rings. The van der Waals surface area contributed by atoms with Gasteiger partial charge in [0.15, 0.2) is 5.84 Å². The second kappa shape index (κ2) is 6.24. The van der Waals surface area contributed by atoms with E-state index in [2.05, 4.69) is 65.4 Å². The Balaban J connectivity index is 1.81. The number of amidine groups is 1. The van der Waals surface area contributed by atoms with Crippen LogP contribution in [0.1, 0.15) is 11.1 Å². The SMILES string of the molecule is Cc1cccc(N2B(c3ccccc3)ON=C2c2ccccc2)c1. The molecule has 0 fully saturated rings. The van der Waals surface area contributed by atoms with Gasteiger partial charge in [0.25, 0.3) is 0 Å². The molecule has 4 rings (SSSR count). The average molecular weight is 312 g/mol. The van der Waals surface area contributed by atoms with Gasteiger partial charge in [-0.2, -0.15) is 0 Å².